The Balaban J connectivity index is 1.45. The number of aryl methyl sites for hydroxylation is 2. The molecule has 0 bridgehead atoms. The first-order valence-corrected chi connectivity index (χ1v) is 9.98. The lowest BCUT2D eigenvalue weighted by molar-refractivity contribution is 0.306. The van der Waals surface area contributed by atoms with E-state index in [1.54, 1.807) is 6.08 Å². The Morgan fingerprint density at radius 1 is 0.793 bits per heavy atom. The minimum atomic E-state index is 0.0510. The van der Waals surface area contributed by atoms with Gasteiger partial charge in [-0.25, -0.2) is 0 Å². The molecule has 0 saturated heterocycles. The summed E-state index contributed by atoms with van der Waals surface area (Å²) in [4.78, 5) is 0. The van der Waals surface area contributed by atoms with E-state index in [0.29, 0.717) is 6.61 Å². The van der Waals surface area contributed by atoms with Crippen LogP contribution in [0.5, 0.6) is 5.75 Å². The summed E-state index contributed by atoms with van der Waals surface area (Å²) >= 11 is 0. The van der Waals surface area contributed by atoms with Gasteiger partial charge in [-0.15, -0.1) is 0 Å². The Labute approximate surface area is 173 Å². The number of ether oxygens (including phenoxy) is 1. The van der Waals surface area contributed by atoms with Crippen molar-refractivity contribution in [3.63, 3.8) is 0 Å². The van der Waals surface area contributed by atoms with Crippen molar-refractivity contribution in [2.75, 3.05) is 6.61 Å². The second-order valence-corrected chi connectivity index (χ2v) is 7.36. The SMILES string of the molecule is Cc1cc(C)cc(CNCc2ccc(COc3ccc(/C=C/CO)cc3)cc2)c1. The summed E-state index contributed by atoms with van der Waals surface area (Å²) in [6.07, 6.45) is 3.60. The summed E-state index contributed by atoms with van der Waals surface area (Å²) in [5.41, 5.74) is 7.39. The van der Waals surface area contributed by atoms with E-state index in [0.717, 1.165) is 30.0 Å². The zero-order valence-electron chi connectivity index (χ0n) is 17.2. The highest BCUT2D eigenvalue weighted by atomic mass is 16.5. The van der Waals surface area contributed by atoms with Crippen molar-refractivity contribution in [3.05, 3.63) is 106 Å². The van der Waals surface area contributed by atoms with Crippen molar-refractivity contribution in [2.24, 2.45) is 0 Å². The van der Waals surface area contributed by atoms with Crippen molar-refractivity contribution in [2.45, 2.75) is 33.5 Å². The van der Waals surface area contributed by atoms with Gasteiger partial charge >= 0.3 is 0 Å². The van der Waals surface area contributed by atoms with Crippen molar-refractivity contribution < 1.29 is 9.84 Å². The van der Waals surface area contributed by atoms with Crippen molar-refractivity contribution >= 4 is 6.08 Å². The quantitative estimate of drug-likeness (QED) is 0.532. The van der Waals surface area contributed by atoms with Crippen molar-refractivity contribution in [1.29, 1.82) is 0 Å². The molecule has 0 aromatic heterocycles. The minimum absolute atomic E-state index is 0.0510. The van der Waals surface area contributed by atoms with Gasteiger partial charge in [0.15, 0.2) is 0 Å². The first-order chi connectivity index (χ1) is 14.1. The molecule has 0 radical (unpaired) electrons. The lowest BCUT2D eigenvalue weighted by Crippen LogP contribution is -2.13. The number of aliphatic hydroxyl groups is 1. The maximum Gasteiger partial charge on any atom is 0.119 e. The number of hydrogen-bond donors (Lipinski definition) is 2. The molecule has 150 valence electrons. The van der Waals surface area contributed by atoms with Crippen LogP contribution in [0.15, 0.2) is 72.8 Å². The van der Waals surface area contributed by atoms with E-state index in [1.807, 2.05) is 30.3 Å². The molecule has 0 spiro atoms. The predicted molar refractivity (Wildman–Crippen MR) is 120 cm³/mol. The Kier molecular flexibility index (Phi) is 7.62. The first-order valence-electron chi connectivity index (χ1n) is 9.98. The lowest BCUT2D eigenvalue weighted by Gasteiger charge is -2.09. The van der Waals surface area contributed by atoms with E-state index in [-0.39, 0.29) is 6.61 Å². The molecule has 3 rings (SSSR count). The highest BCUT2D eigenvalue weighted by Gasteiger charge is 2.00. The standard InChI is InChI=1S/C26H29NO2/c1-20-14-21(2)16-25(15-20)18-27-17-23-5-7-24(8-6-23)19-29-26-11-9-22(10-12-26)4-3-13-28/h3-12,14-16,27-28H,13,17-19H2,1-2H3/b4-3+. The molecule has 3 aromatic carbocycles. The molecule has 0 aliphatic carbocycles. The summed E-state index contributed by atoms with van der Waals surface area (Å²) in [5.74, 6) is 0.838. The van der Waals surface area contributed by atoms with E-state index in [1.165, 1.54) is 22.3 Å². The molecule has 3 heteroatoms. The van der Waals surface area contributed by atoms with Gasteiger partial charge in [0.25, 0.3) is 0 Å². The van der Waals surface area contributed by atoms with E-state index in [2.05, 4.69) is 61.6 Å². The molecule has 0 saturated carbocycles. The smallest absolute Gasteiger partial charge is 0.119 e. The molecule has 3 nitrogen and oxygen atoms in total. The van der Waals surface area contributed by atoms with E-state index < -0.39 is 0 Å². The number of aliphatic hydroxyl groups excluding tert-OH is 1. The van der Waals surface area contributed by atoms with Gasteiger partial charge < -0.3 is 15.2 Å². The summed E-state index contributed by atoms with van der Waals surface area (Å²) < 4.78 is 5.86. The average molecular weight is 388 g/mol. The molecule has 0 aliphatic heterocycles. The molecule has 0 atom stereocenters. The Bertz CT molecular complexity index is 908. The van der Waals surface area contributed by atoms with Gasteiger partial charge in [-0.1, -0.05) is 77.9 Å². The molecule has 0 heterocycles. The maximum atomic E-state index is 8.82. The highest BCUT2D eigenvalue weighted by Crippen LogP contribution is 2.16. The van der Waals surface area contributed by atoms with Crippen molar-refractivity contribution in [3.8, 4) is 5.75 Å². The third-order valence-corrected chi connectivity index (χ3v) is 4.66. The van der Waals surface area contributed by atoms with Gasteiger partial charge in [0.1, 0.15) is 12.4 Å². The average Bonchev–Trinajstić information content (AvgIpc) is 2.72. The molecule has 0 unspecified atom stereocenters. The summed E-state index contributed by atoms with van der Waals surface area (Å²) in [7, 11) is 0. The van der Waals surface area contributed by atoms with Crippen LogP contribution in [0.1, 0.15) is 33.4 Å². The lowest BCUT2D eigenvalue weighted by atomic mass is 10.1. The summed E-state index contributed by atoms with van der Waals surface area (Å²) in [6.45, 7) is 6.59. The second-order valence-electron chi connectivity index (χ2n) is 7.36. The fraction of sp³-hybridized carbons (Fsp3) is 0.231. The molecule has 0 aliphatic rings. The molecule has 29 heavy (non-hydrogen) atoms. The Hall–Kier alpha value is -2.88. The van der Waals surface area contributed by atoms with Crippen LogP contribution in [0.2, 0.25) is 0 Å². The number of rotatable bonds is 9. The Morgan fingerprint density at radius 3 is 2.07 bits per heavy atom. The molecular formula is C26H29NO2. The number of benzene rings is 3. The first kappa shape index (κ1) is 20.8. The number of hydrogen-bond acceptors (Lipinski definition) is 3. The van der Waals surface area contributed by atoms with Crippen LogP contribution in [0, 0.1) is 13.8 Å². The Morgan fingerprint density at radius 2 is 1.41 bits per heavy atom. The van der Waals surface area contributed by atoms with Crippen LogP contribution in [0.3, 0.4) is 0 Å². The zero-order chi connectivity index (χ0) is 20.5. The topological polar surface area (TPSA) is 41.5 Å². The van der Waals surface area contributed by atoms with E-state index in [4.69, 9.17) is 9.84 Å². The van der Waals surface area contributed by atoms with Gasteiger partial charge in [0.2, 0.25) is 0 Å². The van der Waals surface area contributed by atoms with E-state index >= 15 is 0 Å². The van der Waals surface area contributed by atoms with Gasteiger partial charge in [-0.2, -0.15) is 0 Å². The van der Waals surface area contributed by atoms with Crippen LogP contribution in [0.25, 0.3) is 6.08 Å². The van der Waals surface area contributed by atoms with Gasteiger partial charge in [-0.05, 0) is 48.2 Å². The van der Waals surface area contributed by atoms with E-state index in [9.17, 15) is 0 Å². The molecular weight excluding hydrogens is 358 g/mol. The molecule has 0 amide bonds. The fourth-order valence-corrected chi connectivity index (χ4v) is 3.31. The van der Waals surface area contributed by atoms with Crippen LogP contribution >= 0.6 is 0 Å². The minimum Gasteiger partial charge on any atom is -0.489 e. The van der Waals surface area contributed by atoms with Crippen LogP contribution in [-0.2, 0) is 19.7 Å². The molecule has 0 fully saturated rings. The van der Waals surface area contributed by atoms with Gasteiger partial charge in [0, 0.05) is 13.1 Å². The normalized spacial score (nSPS) is 11.1. The number of nitrogens with one attached hydrogen (secondary N) is 1. The van der Waals surface area contributed by atoms with Gasteiger partial charge in [0.05, 0.1) is 6.61 Å². The summed E-state index contributed by atoms with van der Waals surface area (Å²) in [6, 6.07) is 23.0. The second kappa shape index (κ2) is 10.6. The van der Waals surface area contributed by atoms with Crippen molar-refractivity contribution in [1.82, 2.24) is 5.32 Å². The third-order valence-electron chi connectivity index (χ3n) is 4.66. The largest absolute Gasteiger partial charge is 0.489 e. The monoisotopic (exact) mass is 387 g/mol. The zero-order valence-corrected chi connectivity index (χ0v) is 17.2. The van der Waals surface area contributed by atoms with Crippen LogP contribution in [0.4, 0.5) is 0 Å². The third kappa shape index (κ3) is 6.90. The van der Waals surface area contributed by atoms with Crippen LogP contribution < -0.4 is 10.1 Å². The molecule has 3 aromatic rings. The summed E-state index contributed by atoms with van der Waals surface area (Å²) in [5, 5.41) is 12.3. The van der Waals surface area contributed by atoms with Gasteiger partial charge in [-0.3, -0.25) is 0 Å². The highest BCUT2D eigenvalue weighted by molar-refractivity contribution is 5.50. The maximum absolute atomic E-state index is 8.82. The molecule has 2 N–H and O–H groups in total. The van der Waals surface area contributed by atoms with Crippen LogP contribution in [-0.4, -0.2) is 11.7 Å². The fourth-order valence-electron chi connectivity index (χ4n) is 3.31. The predicted octanol–water partition coefficient (Wildman–Crippen LogP) is 5.18.